The number of halogens is 3. The minimum absolute atomic E-state index is 0.148. The highest BCUT2D eigenvalue weighted by molar-refractivity contribution is 9.10. The normalized spacial score (nSPS) is 10.3. The van der Waals surface area contributed by atoms with E-state index in [2.05, 4.69) is 37.2 Å². The van der Waals surface area contributed by atoms with E-state index in [1.807, 2.05) is 19.1 Å². The molecule has 5 heteroatoms. The zero-order chi connectivity index (χ0) is 14.0. The van der Waals surface area contributed by atoms with E-state index in [1.54, 1.807) is 24.3 Å². The van der Waals surface area contributed by atoms with Crippen molar-refractivity contribution in [2.45, 2.75) is 6.92 Å². The molecule has 2 rings (SSSR count). The van der Waals surface area contributed by atoms with E-state index in [9.17, 15) is 4.79 Å². The van der Waals surface area contributed by atoms with Crippen LogP contribution in [-0.4, -0.2) is 5.91 Å². The van der Waals surface area contributed by atoms with Gasteiger partial charge in [-0.1, -0.05) is 27.5 Å². The molecule has 1 N–H and O–H groups in total. The highest BCUT2D eigenvalue weighted by Gasteiger charge is 2.08. The lowest BCUT2D eigenvalue weighted by Gasteiger charge is -2.07. The molecule has 0 aliphatic heterocycles. The molecule has 0 bridgehead atoms. The first-order chi connectivity index (χ1) is 8.97. The second kappa shape index (κ2) is 6.07. The van der Waals surface area contributed by atoms with Crippen molar-refractivity contribution in [1.29, 1.82) is 0 Å². The van der Waals surface area contributed by atoms with E-state index in [0.717, 1.165) is 14.5 Å². The van der Waals surface area contributed by atoms with Crippen LogP contribution >= 0.6 is 43.5 Å². The molecule has 98 valence electrons. The van der Waals surface area contributed by atoms with Gasteiger partial charge in [-0.05, 0) is 64.8 Å². The first-order valence-corrected chi connectivity index (χ1v) is 7.46. The van der Waals surface area contributed by atoms with Gasteiger partial charge in [0.1, 0.15) is 0 Å². The quantitative estimate of drug-likeness (QED) is 0.712. The Morgan fingerprint density at radius 1 is 1.11 bits per heavy atom. The first-order valence-electron chi connectivity index (χ1n) is 5.50. The Kier molecular flexibility index (Phi) is 4.66. The Hall–Kier alpha value is -0.840. The average Bonchev–Trinajstić information content (AvgIpc) is 2.37. The van der Waals surface area contributed by atoms with Crippen LogP contribution in [0.5, 0.6) is 0 Å². The van der Waals surface area contributed by atoms with Crippen molar-refractivity contribution < 1.29 is 4.79 Å². The number of carbonyl (C=O) groups excluding carboxylic acids is 1. The highest BCUT2D eigenvalue weighted by Crippen LogP contribution is 2.26. The zero-order valence-electron chi connectivity index (χ0n) is 10.0. The maximum absolute atomic E-state index is 12.1. The number of benzene rings is 2. The summed E-state index contributed by atoms with van der Waals surface area (Å²) in [5, 5.41) is 3.44. The van der Waals surface area contributed by atoms with Crippen LogP contribution < -0.4 is 5.32 Å². The fraction of sp³-hybridized carbons (Fsp3) is 0.0714. The Labute approximate surface area is 133 Å². The molecule has 0 saturated heterocycles. The smallest absolute Gasteiger partial charge is 0.255 e. The standard InChI is InChI=1S/C14H10Br2ClNO/c1-8-6-9(2-4-11(8)15)14(19)18-10-3-5-13(17)12(16)7-10/h2-7H,1H3,(H,18,19). The minimum atomic E-state index is -0.148. The Morgan fingerprint density at radius 2 is 1.84 bits per heavy atom. The minimum Gasteiger partial charge on any atom is -0.322 e. The van der Waals surface area contributed by atoms with E-state index in [1.165, 1.54) is 0 Å². The molecule has 0 unspecified atom stereocenters. The topological polar surface area (TPSA) is 29.1 Å². The molecular formula is C14H10Br2ClNO. The number of carbonyl (C=O) groups is 1. The van der Waals surface area contributed by atoms with Crippen LogP contribution in [0.25, 0.3) is 0 Å². The second-order valence-corrected chi connectivity index (χ2v) is 6.16. The van der Waals surface area contributed by atoms with Gasteiger partial charge < -0.3 is 5.32 Å². The fourth-order valence-corrected chi connectivity index (χ4v) is 2.31. The molecule has 2 aromatic rings. The Morgan fingerprint density at radius 3 is 2.47 bits per heavy atom. The zero-order valence-corrected chi connectivity index (χ0v) is 13.9. The third-order valence-corrected chi connectivity index (χ3v) is 4.70. The lowest BCUT2D eigenvalue weighted by Crippen LogP contribution is -2.12. The molecule has 0 spiro atoms. The number of nitrogens with one attached hydrogen (secondary N) is 1. The van der Waals surface area contributed by atoms with Gasteiger partial charge in [0.2, 0.25) is 0 Å². The molecule has 0 fully saturated rings. The van der Waals surface area contributed by atoms with Gasteiger partial charge in [-0.3, -0.25) is 4.79 Å². The Bertz CT molecular complexity index is 643. The van der Waals surface area contributed by atoms with E-state index in [-0.39, 0.29) is 5.91 Å². The van der Waals surface area contributed by atoms with E-state index in [0.29, 0.717) is 16.3 Å². The number of rotatable bonds is 2. The van der Waals surface area contributed by atoms with Gasteiger partial charge >= 0.3 is 0 Å². The van der Waals surface area contributed by atoms with Crippen LogP contribution in [0.2, 0.25) is 5.02 Å². The molecule has 1 amide bonds. The van der Waals surface area contributed by atoms with Crippen LogP contribution in [0.1, 0.15) is 15.9 Å². The summed E-state index contributed by atoms with van der Waals surface area (Å²) in [7, 11) is 0. The predicted octanol–water partition coefficient (Wildman–Crippen LogP) is 5.43. The van der Waals surface area contributed by atoms with Crippen molar-refractivity contribution in [1.82, 2.24) is 0 Å². The molecule has 0 aromatic heterocycles. The van der Waals surface area contributed by atoms with Crippen molar-refractivity contribution in [3.8, 4) is 0 Å². The molecule has 0 aliphatic carbocycles. The summed E-state index contributed by atoms with van der Waals surface area (Å²) in [5.74, 6) is -0.148. The van der Waals surface area contributed by atoms with Gasteiger partial charge in [-0.25, -0.2) is 0 Å². The van der Waals surface area contributed by atoms with Gasteiger partial charge in [-0.2, -0.15) is 0 Å². The van der Waals surface area contributed by atoms with Gasteiger partial charge in [0.15, 0.2) is 0 Å². The summed E-state index contributed by atoms with van der Waals surface area (Å²) in [6.45, 7) is 1.94. The summed E-state index contributed by atoms with van der Waals surface area (Å²) >= 11 is 12.6. The van der Waals surface area contributed by atoms with Crippen molar-refractivity contribution in [2.75, 3.05) is 5.32 Å². The van der Waals surface area contributed by atoms with Crippen LogP contribution in [0, 0.1) is 6.92 Å². The van der Waals surface area contributed by atoms with Gasteiger partial charge in [0.25, 0.3) is 5.91 Å². The number of amides is 1. The third-order valence-electron chi connectivity index (χ3n) is 2.60. The van der Waals surface area contributed by atoms with Gasteiger partial charge in [-0.15, -0.1) is 0 Å². The van der Waals surface area contributed by atoms with Crippen molar-refractivity contribution in [3.05, 3.63) is 61.5 Å². The molecule has 0 atom stereocenters. The van der Waals surface area contributed by atoms with Crippen LogP contribution in [-0.2, 0) is 0 Å². The SMILES string of the molecule is Cc1cc(C(=O)Nc2ccc(Cl)c(Br)c2)ccc1Br. The van der Waals surface area contributed by atoms with Crippen molar-refractivity contribution in [3.63, 3.8) is 0 Å². The number of anilines is 1. The van der Waals surface area contributed by atoms with Crippen molar-refractivity contribution in [2.24, 2.45) is 0 Å². The molecule has 19 heavy (non-hydrogen) atoms. The number of hydrogen-bond donors (Lipinski definition) is 1. The maximum atomic E-state index is 12.1. The Balaban J connectivity index is 2.20. The summed E-state index contributed by atoms with van der Waals surface area (Å²) in [6.07, 6.45) is 0. The van der Waals surface area contributed by atoms with Crippen LogP contribution in [0.15, 0.2) is 45.3 Å². The monoisotopic (exact) mass is 401 g/mol. The fourth-order valence-electron chi connectivity index (χ4n) is 1.56. The number of hydrogen-bond acceptors (Lipinski definition) is 1. The molecule has 2 aromatic carbocycles. The summed E-state index contributed by atoms with van der Waals surface area (Å²) in [6, 6.07) is 10.7. The van der Waals surface area contributed by atoms with Gasteiger partial charge in [0.05, 0.1) is 5.02 Å². The summed E-state index contributed by atoms with van der Waals surface area (Å²) < 4.78 is 1.73. The number of aryl methyl sites for hydroxylation is 1. The molecule has 2 nitrogen and oxygen atoms in total. The van der Waals surface area contributed by atoms with Crippen molar-refractivity contribution >= 4 is 55.1 Å². The van der Waals surface area contributed by atoms with Crippen LogP contribution in [0.4, 0.5) is 5.69 Å². The molecule has 0 aliphatic rings. The molecule has 0 saturated carbocycles. The van der Waals surface area contributed by atoms with E-state index < -0.39 is 0 Å². The maximum Gasteiger partial charge on any atom is 0.255 e. The third kappa shape index (κ3) is 3.59. The lowest BCUT2D eigenvalue weighted by molar-refractivity contribution is 0.102. The predicted molar refractivity (Wildman–Crippen MR) is 86.0 cm³/mol. The summed E-state index contributed by atoms with van der Waals surface area (Å²) in [4.78, 5) is 12.1. The van der Waals surface area contributed by atoms with Gasteiger partial charge in [0, 0.05) is 20.2 Å². The summed E-state index contributed by atoms with van der Waals surface area (Å²) in [5.41, 5.74) is 2.33. The lowest BCUT2D eigenvalue weighted by atomic mass is 10.1. The first kappa shape index (κ1) is 14.6. The second-order valence-electron chi connectivity index (χ2n) is 4.05. The largest absolute Gasteiger partial charge is 0.322 e. The van der Waals surface area contributed by atoms with Crippen LogP contribution in [0.3, 0.4) is 0 Å². The molecular weight excluding hydrogens is 393 g/mol. The van der Waals surface area contributed by atoms with E-state index in [4.69, 9.17) is 11.6 Å². The van der Waals surface area contributed by atoms with E-state index >= 15 is 0 Å². The average molecular weight is 404 g/mol. The molecule has 0 radical (unpaired) electrons. The molecule has 0 heterocycles. The highest BCUT2D eigenvalue weighted by atomic mass is 79.9.